The van der Waals surface area contributed by atoms with Gasteiger partial charge >= 0.3 is 0 Å². The number of hydrogen-bond acceptors (Lipinski definition) is 7. The first-order valence-electron chi connectivity index (χ1n) is 9.14. The Morgan fingerprint density at radius 3 is 2.77 bits per heavy atom. The highest BCUT2D eigenvalue weighted by molar-refractivity contribution is 7.09. The molecule has 0 aliphatic carbocycles. The third-order valence-corrected chi connectivity index (χ3v) is 5.87. The molecule has 4 rings (SSSR count). The number of phenolic OH excluding ortho intramolecular Hbond substituents is 1. The quantitative estimate of drug-likeness (QED) is 0.335. The minimum absolute atomic E-state index is 0.151. The molecule has 0 saturated carbocycles. The van der Waals surface area contributed by atoms with E-state index in [0.717, 1.165) is 5.01 Å². The van der Waals surface area contributed by atoms with E-state index in [2.05, 4.69) is 15.3 Å². The summed E-state index contributed by atoms with van der Waals surface area (Å²) in [5.74, 6) is -1.42. The van der Waals surface area contributed by atoms with E-state index in [0.29, 0.717) is 34.7 Å². The monoisotopic (exact) mass is 456 g/mol. The summed E-state index contributed by atoms with van der Waals surface area (Å²) in [6.07, 6.45) is 3.16. The van der Waals surface area contributed by atoms with Crippen molar-refractivity contribution in [3.05, 3.63) is 63.3 Å². The number of amides is 1. The summed E-state index contributed by atoms with van der Waals surface area (Å²) < 4.78 is 6.90. The van der Waals surface area contributed by atoms with Crippen LogP contribution in [0, 0.1) is 6.92 Å². The molecule has 3 aromatic heterocycles. The summed E-state index contributed by atoms with van der Waals surface area (Å²) in [4.78, 5) is 34.2. The highest BCUT2D eigenvalue weighted by Crippen LogP contribution is 2.35. The van der Waals surface area contributed by atoms with E-state index in [1.807, 2.05) is 9.95 Å². The second-order valence-electron chi connectivity index (χ2n) is 6.66. The van der Waals surface area contributed by atoms with Gasteiger partial charge in [0, 0.05) is 40.6 Å². The van der Waals surface area contributed by atoms with Gasteiger partial charge in [0.25, 0.3) is 11.7 Å². The first-order chi connectivity index (χ1) is 14.9. The van der Waals surface area contributed by atoms with Gasteiger partial charge in [-0.05, 0) is 25.1 Å². The normalized spacial score (nSPS) is 10.9. The molecule has 2 N–H and O–H groups in total. The zero-order valence-electron chi connectivity index (χ0n) is 16.5. The number of pyridine rings is 1. The number of aromatic hydroxyl groups is 1. The number of thiazole rings is 1. The second kappa shape index (κ2) is 8.37. The number of fused-ring (bicyclic) bond motifs is 1. The molecule has 0 saturated heterocycles. The lowest BCUT2D eigenvalue weighted by Gasteiger charge is -2.07. The average Bonchev–Trinajstić information content (AvgIpc) is 3.35. The number of aromatic nitrogens is 3. The van der Waals surface area contributed by atoms with E-state index >= 15 is 0 Å². The molecule has 1 amide bonds. The molecular formula is C21H17ClN4O4S. The zero-order valence-corrected chi connectivity index (χ0v) is 18.1. The van der Waals surface area contributed by atoms with E-state index in [1.54, 1.807) is 25.3 Å². The van der Waals surface area contributed by atoms with Crippen LogP contribution < -0.4 is 10.1 Å². The molecule has 0 aliphatic rings. The van der Waals surface area contributed by atoms with E-state index in [-0.39, 0.29) is 16.3 Å². The van der Waals surface area contributed by atoms with Crippen molar-refractivity contribution in [3.63, 3.8) is 0 Å². The number of benzene rings is 1. The number of phenols is 1. The molecule has 0 fully saturated rings. The molecule has 8 nitrogen and oxygen atoms in total. The fraction of sp³-hybridized carbons (Fsp3) is 0.143. The van der Waals surface area contributed by atoms with Crippen LogP contribution in [0.25, 0.3) is 10.9 Å². The number of ether oxygens (including phenoxy) is 1. The smallest absolute Gasteiger partial charge is 0.296 e. The van der Waals surface area contributed by atoms with Gasteiger partial charge in [-0.1, -0.05) is 11.6 Å². The van der Waals surface area contributed by atoms with Gasteiger partial charge in [-0.2, -0.15) is 0 Å². The molecular weight excluding hydrogens is 440 g/mol. The van der Waals surface area contributed by atoms with Gasteiger partial charge in [0.2, 0.25) is 5.88 Å². The fourth-order valence-corrected chi connectivity index (χ4v) is 4.10. The highest BCUT2D eigenvalue weighted by Gasteiger charge is 2.26. The fourth-order valence-electron chi connectivity index (χ4n) is 3.34. The Morgan fingerprint density at radius 1 is 1.26 bits per heavy atom. The number of hydrogen-bond donors (Lipinski definition) is 2. The van der Waals surface area contributed by atoms with Crippen molar-refractivity contribution in [2.75, 3.05) is 12.4 Å². The Bertz CT molecular complexity index is 1300. The van der Waals surface area contributed by atoms with Crippen molar-refractivity contribution in [1.29, 1.82) is 0 Å². The van der Waals surface area contributed by atoms with Crippen molar-refractivity contribution in [2.24, 2.45) is 0 Å². The molecule has 3 heterocycles. The number of carbonyl (C=O) groups is 2. The Kier molecular flexibility index (Phi) is 5.62. The molecule has 10 heteroatoms. The van der Waals surface area contributed by atoms with Gasteiger partial charge in [-0.15, -0.1) is 11.3 Å². The Morgan fingerprint density at radius 2 is 2.06 bits per heavy atom. The third-order valence-electron chi connectivity index (χ3n) is 4.80. The number of Topliss-reactive ketones (excluding diaryl/α,β-unsaturated/α-hetero) is 1. The number of ketones is 1. The summed E-state index contributed by atoms with van der Waals surface area (Å²) in [6.45, 7) is 2.14. The maximum atomic E-state index is 13.2. The Labute approximate surface area is 186 Å². The largest absolute Gasteiger partial charge is 0.506 e. The first kappa shape index (κ1) is 20.8. The molecule has 0 unspecified atom stereocenters. The third kappa shape index (κ3) is 3.97. The van der Waals surface area contributed by atoms with Crippen LogP contribution in [0.15, 0.2) is 42.0 Å². The van der Waals surface area contributed by atoms with Crippen LogP contribution in [0.4, 0.5) is 5.69 Å². The number of nitrogens with one attached hydrogen (secondary N) is 1. The van der Waals surface area contributed by atoms with Crippen LogP contribution in [0.1, 0.15) is 21.1 Å². The maximum Gasteiger partial charge on any atom is 0.296 e. The van der Waals surface area contributed by atoms with Crippen molar-refractivity contribution in [1.82, 2.24) is 14.5 Å². The number of anilines is 1. The minimum Gasteiger partial charge on any atom is -0.506 e. The van der Waals surface area contributed by atoms with Crippen molar-refractivity contribution in [2.45, 2.75) is 13.5 Å². The summed E-state index contributed by atoms with van der Waals surface area (Å²) >= 11 is 7.60. The van der Waals surface area contributed by atoms with Crippen LogP contribution in [0.3, 0.4) is 0 Å². The highest BCUT2D eigenvalue weighted by atomic mass is 35.5. The molecule has 158 valence electrons. The molecule has 0 radical (unpaired) electrons. The van der Waals surface area contributed by atoms with Crippen LogP contribution in [0.5, 0.6) is 11.6 Å². The summed E-state index contributed by atoms with van der Waals surface area (Å²) in [7, 11) is 1.46. The van der Waals surface area contributed by atoms with Crippen LogP contribution >= 0.6 is 22.9 Å². The molecule has 0 atom stereocenters. The van der Waals surface area contributed by atoms with E-state index in [4.69, 9.17) is 16.3 Å². The van der Waals surface area contributed by atoms with E-state index in [9.17, 15) is 14.7 Å². The number of nitrogens with zero attached hydrogens (tertiary/aromatic N) is 3. The predicted octanol–water partition coefficient (Wildman–Crippen LogP) is 4.04. The number of methoxy groups -OCH3 is 1. The average molecular weight is 457 g/mol. The van der Waals surface area contributed by atoms with Crippen LogP contribution in [-0.2, 0) is 11.3 Å². The van der Waals surface area contributed by atoms with Gasteiger partial charge in [0.1, 0.15) is 10.8 Å². The molecule has 0 spiro atoms. The van der Waals surface area contributed by atoms with Crippen LogP contribution in [0.2, 0.25) is 5.02 Å². The first-order valence-corrected chi connectivity index (χ1v) is 10.4. The minimum atomic E-state index is -0.820. The van der Waals surface area contributed by atoms with Gasteiger partial charge in [0.15, 0.2) is 0 Å². The molecule has 0 bridgehead atoms. The Hall–Kier alpha value is -3.43. The summed E-state index contributed by atoms with van der Waals surface area (Å²) in [6, 6.07) is 6.04. The van der Waals surface area contributed by atoms with Gasteiger partial charge in [-0.3, -0.25) is 9.59 Å². The van der Waals surface area contributed by atoms with E-state index < -0.39 is 11.7 Å². The SMILES string of the molecule is COc1cc(NC(=O)C(=O)c2c(C)n(Cc3nccs3)c3cc(Cl)c(O)cc23)ccn1. The van der Waals surface area contributed by atoms with Gasteiger partial charge in [-0.25, -0.2) is 9.97 Å². The maximum absolute atomic E-state index is 13.2. The van der Waals surface area contributed by atoms with Crippen molar-refractivity contribution >= 4 is 51.2 Å². The van der Waals surface area contributed by atoms with Crippen molar-refractivity contribution in [3.8, 4) is 11.6 Å². The topological polar surface area (TPSA) is 106 Å². The van der Waals surface area contributed by atoms with E-state index in [1.165, 1.54) is 36.8 Å². The lowest BCUT2D eigenvalue weighted by molar-refractivity contribution is -0.112. The van der Waals surface area contributed by atoms with Crippen LogP contribution in [-0.4, -0.2) is 38.4 Å². The van der Waals surface area contributed by atoms with Crippen molar-refractivity contribution < 1.29 is 19.4 Å². The standard InChI is InChI=1S/C21H17ClN4O4S/c1-11-19(20(28)21(29)25-12-3-4-23-17(7-12)30-2)13-8-16(27)14(22)9-15(13)26(11)10-18-24-5-6-31-18/h3-9,27H,10H2,1-2H3,(H,23,25,29). The number of carbonyl (C=O) groups excluding carboxylic acids is 2. The molecule has 31 heavy (non-hydrogen) atoms. The molecule has 0 aliphatic heterocycles. The lowest BCUT2D eigenvalue weighted by Crippen LogP contribution is -2.23. The number of rotatable bonds is 6. The molecule has 4 aromatic rings. The van der Waals surface area contributed by atoms with Gasteiger partial charge < -0.3 is 19.7 Å². The summed E-state index contributed by atoms with van der Waals surface area (Å²) in [5, 5.41) is 16.0. The second-order valence-corrected chi connectivity index (χ2v) is 8.05. The predicted molar refractivity (Wildman–Crippen MR) is 118 cm³/mol. The molecule has 1 aromatic carbocycles. The summed E-state index contributed by atoms with van der Waals surface area (Å²) in [5.41, 5.74) is 1.76. The Balaban J connectivity index is 1.76. The number of halogens is 1. The van der Waals surface area contributed by atoms with Gasteiger partial charge in [0.05, 0.1) is 29.8 Å². The zero-order chi connectivity index (χ0) is 22.1. The lowest BCUT2D eigenvalue weighted by atomic mass is 10.1.